The number of halogens is 2. The smallest absolute Gasteiger partial charge is 0.327 e. The second-order valence-electron chi connectivity index (χ2n) is 8.82. The molecular weight excluding hydrogens is 429 g/mol. The molecule has 1 N–H and O–H groups in total. The van der Waals surface area contributed by atoms with Crippen LogP contribution in [0.4, 0.5) is 4.39 Å². The molecule has 3 aliphatic rings. The van der Waals surface area contributed by atoms with Crippen LogP contribution in [-0.4, -0.2) is 37.7 Å². The Kier molecular flexibility index (Phi) is 5.64. The zero-order valence-corrected chi connectivity index (χ0v) is 18.7. The lowest BCUT2D eigenvalue weighted by Gasteiger charge is -2.41. The first kappa shape index (κ1) is 21.6. The van der Waals surface area contributed by atoms with Gasteiger partial charge in [-0.05, 0) is 75.1 Å². The summed E-state index contributed by atoms with van der Waals surface area (Å²) in [5, 5.41) is 3.71. The lowest BCUT2D eigenvalue weighted by molar-refractivity contribution is -0.145. The molecule has 2 fully saturated rings. The minimum absolute atomic E-state index is 0.0698. The van der Waals surface area contributed by atoms with Crippen molar-refractivity contribution in [3.63, 3.8) is 0 Å². The molecule has 1 saturated carbocycles. The summed E-state index contributed by atoms with van der Waals surface area (Å²) in [5.41, 5.74) is 1.21. The van der Waals surface area contributed by atoms with Gasteiger partial charge in [-0.15, -0.1) is 11.6 Å². The number of carbonyl (C=O) groups is 1. The summed E-state index contributed by atoms with van der Waals surface area (Å²) in [7, 11) is -2.89. The Bertz CT molecular complexity index is 964. The summed E-state index contributed by atoms with van der Waals surface area (Å²) >= 11 is 6.38. The van der Waals surface area contributed by atoms with Gasteiger partial charge in [-0.25, -0.2) is 12.8 Å². The SMILES string of the molecule is COC(=O)C(C)(C1CCC2C(C1)NC1=CCC(Cl)CC12)S(=O)(=O)c1ccc(F)cc1. The highest BCUT2D eigenvalue weighted by atomic mass is 35.5. The summed E-state index contributed by atoms with van der Waals surface area (Å²) in [4.78, 5) is 12.8. The summed E-state index contributed by atoms with van der Waals surface area (Å²) in [6.45, 7) is 1.46. The van der Waals surface area contributed by atoms with Gasteiger partial charge in [0.15, 0.2) is 14.6 Å². The average molecular weight is 456 g/mol. The molecule has 2 aliphatic carbocycles. The maximum absolute atomic E-state index is 13.6. The fourth-order valence-corrected chi connectivity index (χ4v) is 7.81. The zero-order chi connectivity index (χ0) is 21.7. The van der Waals surface area contributed by atoms with E-state index in [0.717, 1.165) is 31.4 Å². The van der Waals surface area contributed by atoms with E-state index < -0.39 is 32.3 Å². The molecule has 4 rings (SSSR count). The maximum Gasteiger partial charge on any atom is 0.327 e. The number of hydrogen-bond donors (Lipinski definition) is 1. The fourth-order valence-electron chi connectivity index (χ4n) is 5.59. The molecule has 1 aliphatic heterocycles. The van der Waals surface area contributed by atoms with E-state index in [1.807, 2.05) is 0 Å². The molecule has 1 aromatic rings. The van der Waals surface area contributed by atoms with Crippen molar-refractivity contribution in [2.24, 2.45) is 17.8 Å². The minimum Gasteiger partial charge on any atom is -0.468 e. The van der Waals surface area contributed by atoms with E-state index >= 15 is 0 Å². The van der Waals surface area contributed by atoms with Crippen LogP contribution in [0.1, 0.15) is 39.0 Å². The van der Waals surface area contributed by atoms with Crippen LogP contribution >= 0.6 is 11.6 Å². The van der Waals surface area contributed by atoms with Crippen LogP contribution in [0.25, 0.3) is 0 Å². The number of benzene rings is 1. The van der Waals surface area contributed by atoms with Gasteiger partial charge in [0, 0.05) is 23.0 Å². The Morgan fingerprint density at radius 1 is 1.23 bits per heavy atom. The van der Waals surface area contributed by atoms with Crippen molar-refractivity contribution >= 4 is 27.4 Å². The van der Waals surface area contributed by atoms with Crippen molar-refractivity contribution in [3.05, 3.63) is 41.9 Å². The Morgan fingerprint density at radius 3 is 2.60 bits per heavy atom. The van der Waals surface area contributed by atoms with Gasteiger partial charge in [0.25, 0.3) is 0 Å². The molecule has 0 aromatic heterocycles. The van der Waals surface area contributed by atoms with Crippen LogP contribution in [0, 0.1) is 23.6 Å². The standard InChI is InChI=1S/C22H27ClFNO4S/c1-22(21(26)29-2,30(27,28)16-7-5-15(24)6-8-16)13-3-9-17-18-12-14(23)4-10-19(18)25-20(17)11-13/h5-8,10,13-14,17-18,20,25H,3-4,9,11-12H2,1-2H3. The van der Waals surface area contributed by atoms with Gasteiger partial charge in [-0.3, -0.25) is 4.79 Å². The van der Waals surface area contributed by atoms with Crippen molar-refractivity contribution in [2.45, 2.75) is 60.1 Å². The number of fused-ring (bicyclic) bond motifs is 3. The van der Waals surface area contributed by atoms with Crippen LogP contribution in [0.15, 0.2) is 40.9 Å². The van der Waals surface area contributed by atoms with E-state index in [1.54, 1.807) is 0 Å². The Hall–Kier alpha value is -1.60. The molecule has 164 valence electrons. The van der Waals surface area contributed by atoms with Crippen LogP contribution in [0.5, 0.6) is 0 Å². The Balaban J connectivity index is 1.66. The first-order valence-corrected chi connectivity index (χ1v) is 12.3. The van der Waals surface area contributed by atoms with E-state index in [1.165, 1.54) is 31.9 Å². The molecule has 6 atom stereocenters. The zero-order valence-electron chi connectivity index (χ0n) is 17.1. The molecule has 1 saturated heterocycles. The molecule has 8 heteroatoms. The molecule has 0 spiro atoms. The lowest BCUT2D eigenvalue weighted by Crippen LogP contribution is -2.54. The number of alkyl halides is 1. The maximum atomic E-state index is 13.6. The van der Waals surface area contributed by atoms with Crippen LogP contribution in [0.2, 0.25) is 0 Å². The third-order valence-corrected chi connectivity index (χ3v) is 10.2. The third kappa shape index (κ3) is 3.34. The van der Waals surface area contributed by atoms with Gasteiger partial charge in [0.1, 0.15) is 5.82 Å². The number of allylic oxidation sites excluding steroid dienone is 2. The van der Waals surface area contributed by atoms with E-state index in [0.29, 0.717) is 24.7 Å². The van der Waals surface area contributed by atoms with Gasteiger partial charge in [-0.1, -0.05) is 6.08 Å². The quantitative estimate of drug-likeness (QED) is 0.424. The number of ether oxygens (including phenoxy) is 1. The van der Waals surface area contributed by atoms with Gasteiger partial charge in [0.05, 0.1) is 12.0 Å². The van der Waals surface area contributed by atoms with Gasteiger partial charge in [-0.2, -0.15) is 0 Å². The number of nitrogens with one attached hydrogen (secondary N) is 1. The highest BCUT2D eigenvalue weighted by Gasteiger charge is 2.57. The molecule has 6 unspecified atom stereocenters. The fraction of sp³-hybridized carbons (Fsp3) is 0.591. The van der Waals surface area contributed by atoms with Crippen molar-refractivity contribution < 1.29 is 22.3 Å². The molecule has 30 heavy (non-hydrogen) atoms. The average Bonchev–Trinajstić information content (AvgIpc) is 3.09. The Labute approximate surface area is 181 Å². The third-order valence-electron chi connectivity index (χ3n) is 7.33. The van der Waals surface area contributed by atoms with Crippen molar-refractivity contribution in [3.8, 4) is 0 Å². The van der Waals surface area contributed by atoms with Crippen molar-refractivity contribution in [2.75, 3.05) is 7.11 Å². The highest BCUT2D eigenvalue weighted by molar-refractivity contribution is 7.93. The van der Waals surface area contributed by atoms with E-state index in [4.69, 9.17) is 16.3 Å². The van der Waals surface area contributed by atoms with Crippen LogP contribution in [0.3, 0.4) is 0 Å². The summed E-state index contributed by atoms with van der Waals surface area (Å²) in [5.74, 6) is -0.945. The highest BCUT2D eigenvalue weighted by Crippen LogP contribution is 2.50. The van der Waals surface area contributed by atoms with Crippen molar-refractivity contribution in [1.29, 1.82) is 0 Å². The molecule has 1 heterocycles. The van der Waals surface area contributed by atoms with Crippen LogP contribution < -0.4 is 5.32 Å². The van der Waals surface area contributed by atoms with E-state index in [9.17, 15) is 17.6 Å². The molecule has 0 radical (unpaired) electrons. The topological polar surface area (TPSA) is 72.5 Å². The second-order valence-corrected chi connectivity index (χ2v) is 11.8. The molecule has 0 bridgehead atoms. The first-order chi connectivity index (χ1) is 14.2. The van der Waals surface area contributed by atoms with Gasteiger partial charge >= 0.3 is 5.97 Å². The Morgan fingerprint density at radius 2 is 1.93 bits per heavy atom. The predicted octanol–water partition coefficient (Wildman–Crippen LogP) is 3.82. The molecule has 0 amide bonds. The monoisotopic (exact) mass is 455 g/mol. The van der Waals surface area contributed by atoms with Crippen LogP contribution in [-0.2, 0) is 19.4 Å². The normalized spacial score (nSPS) is 32.8. The molecule has 1 aromatic carbocycles. The summed E-state index contributed by atoms with van der Waals surface area (Å²) in [6.07, 6.45) is 5.90. The first-order valence-electron chi connectivity index (χ1n) is 10.4. The number of hydrogen-bond acceptors (Lipinski definition) is 5. The summed E-state index contributed by atoms with van der Waals surface area (Å²) in [6, 6.07) is 4.73. The predicted molar refractivity (Wildman–Crippen MR) is 112 cm³/mol. The number of carbonyl (C=O) groups excluding carboxylic acids is 1. The van der Waals surface area contributed by atoms with E-state index in [2.05, 4.69) is 11.4 Å². The van der Waals surface area contributed by atoms with Gasteiger partial charge < -0.3 is 10.1 Å². The summed E-state index contributed by atoms with van der Waals surface area (Å²) < 4.78 is 43.8. The second kappa shape index (κ2) is 7.83. The minimum atomic E-state index is -4.10. The number of methoxy groups -OCH3 is 1. The number of esters is 1. The van der Waals surface area contributed by atoms with E-state index in [-0.39, 0.29) is 16.3 Å². The number of rotatable bonds is 4. The number of sulfone groups is 1. The largest absolute Gasteiger partial charge is 0.468 e. The van der Waals surface area contributed by atoms with Crippen molar-refractivity contribution in [1.82, 2.24) is 5.32 Å². The van der Waals surface area contributed by atoms with Gasteiger partial charge in [0.2, 0.25) is 0 Å². The molecular formula is C22H27ClFNO4S. The lowest BCUT2D eigenvalue weighted by atomic mass is 9.69. The molecule has 5 nitrogen and oxygen atoms in total.